The number of rotatable bonds is 1. The molecule has 2 atom stereocenters. The first-order valence-corrected chi connectivity index (χ1v) is 2.68. The van der Waals surface area contributed by atoms with Crippen molar-refractivity contribution in [3.8, 4) is 0 Å². The van der Waals surface area contributed by atoms with Crippen molar-refractivity contribution in [2.45, 2.75) is 25.5 Å². The van der Waals surface area contributed by atoms with Crippen LogP contribution in [0.4, 0.5) is 0 Å². The van der Waals surface area contributed by atoms with Gasteiger partial charge in [0.05, 0.1) is 0 Å². The molecule has 0 bridgehead atoms. The van der Waals surface area contributed by atoms with Crippen molar-refractivity contribution in [1.82, 2.24) is 0 Å². The highest BCUT2D eigenvalue weighted by molar-refractivity contribution is 4.96. The van der Waals surface area contributed by atoms with Gasteiger partial charge in [0.2, 0.25) is 0 Å². The highest BCUT2D eigenvalue weighted by Gasteiger charge is 2.47. The lowest BCUT2D eigenvalue weighted by Crippen LogP contribution is -2.23. The zero-order valence-corrected chi connectivity index (χ0v) is 4.52. The second-order valence-corrected chi connectivity index (χ2v) is 2.30. The summed E-state index contributed by atoms with van der Waals surface area (Å²) in [5, 5.41) is 8.87. The summed E-state index contributed by atoms with van der Waals surface area (Å²) in [7, 11) is 0. The molecule has 2 unspecified atom stereocenters. The van der Waals surface area contributed by atoms with E-state index in [0.29, 0.717) is 5.92 Å². The fourth-order valence-electron chi connectivity index (χ4n) is 0.834. The van der Waals surface area contributed by atoms with Crippen molar-refractivity contribution in [3.05, 3.63) is 0 Å². The SMILES string of the molecule is CCC1CC1(N)O. The average molecular weight is 101 g/mol. The van der Waals surface area contributed by atoms with Crippen LogP contribution in [0.15, 0.2) is 0 Å². The molecule has 3 N–H and O–H groups in total. The van der Waals surface area contributed by atoms with Gasteiger partial charge >= 0.3 is 0 Å². The van der Waals surface area contributed by atoms with Gasteiger partial charge in [-0.3, -0.25) is 0 Å². The molecule has 2 heteroatoms. The Morgan fingerprint density at radius 3 is 2.43 bits per heavy atom. The molecule has 0 aromatic rings. The van der Waals surface area contributed by atoms with Gasteiger partial charge in [-0.05, 0) is 12.8 Å². The van der Waals surface area contributed by atoms with Gasteiger partial charge in [-0.2, -0.15) is 0 Å². The summed E-state index contributed by atoms with van der Waals surface area (Å²) < 4.78 is 0. The highest BCUT2D eigenvalue weighted by atomic mass is 16.3. The van der Waals surface area contributed by atoms with Crippen molar-refractivity contribution >= 4 is 0 Å². The van der Waals surface area contributed by atoms with E-state index in [-0.39, 0.29) is 0 Å². The zero-order valence-electron chi connectivity index (χ0n) is 4.52. The maximum Gasteiger partial charge on any atom is 0.116 e. The number of hydrogen-bond acceptors (Lipinski definition) is 2. The molecule has 0 aromatic carbocycles. The molecular weight excluding hydrogens is 90.1 g/mol. The van der Waals surface area contributed by atoms with Crippen LogP contribution in [0.25, 0.3) is 0 Å². The molecule has 2 nitrogen and oxygen atoms in total. The second-order valence-electron chi connectivity index (χ2n) is 2.30. The third-order valence-electron chi connectivity index (χ3n) is 1.61. The smallest absolute Gasteiger partial charge is 0.116 e. The maximum atomic E-state index is 8.87. The van der Waals surface area contributed by atoms with Crippen molar-refractivity contribution in [2.24, 2.45) is 11.7 Å². The van der Waals surface area contributed by atoms with Gasteiger partial charge in [0.25, 0.3) is 0 Å². The lowest BCUT2D eigenvalue weighted by atomic mass is 10.3. The van der Waals surface area contributed by atoms with Crippen LogP contribution in [0.5, 0.6) is 0 Å². The monoisotopic (exact) mass is 101 g/mol. The van der Waals surface area contributed by atoms with E-state index >= 15 is 0 Å². The molecule has 1 aliphatic rings. The van der Waals surface area contributed by atoms with Crippen LogP contribution in [-0.2, 0) is 0 Å². The van der Waals surface area contributed by atoms with E-state index in [1.807, 2.05) is 6.92 Å². The van der Waals surface area contributed by atoms with E-state index in [1.54, 1.807) is 0 Å². The Hall–Kier alpha value is -0.0800. The minimum absolute atomic E-state index is 0.382. The van der Waals surface area contributed by atoms with E-state index in [4.69, 9.17) is 10.8 Å². The number of aliphatic hydroxyl groups is 1. The first kappa shape index (κ1) is 5.06. The highest BCUT2D eigenvalue weighted by Crippen LogP contribution is 2.40. The quantitative estimate of drug-likeness (QED) is 0.459. The molecule has 0 amide bonds. The molecule has 1 fully saturated rings. The molecule has 42 valence electrons. The number of nitrogens with two attached hydrogens (primary N) is 1. The predicted octanol–water partition coefficient (Wildman–Crippen LogP) is 0.0636. The van der Waals surface area contributed by atoms with Gasteiger partial charge in [-0.25, -0.2) is 0 Å². The zero-order chi connectivity index (χ0) is 5.49. The van der Waals surface area contributed by atoms with E-state index in [0.717, 1.165) is 12.8 Å². The van der Waals surface area contributed by atoms with Crippen LogP contribution in [0.3, 0.4) is 0 Å². The van der Waals surface area contributed by atoms with Crippen molar-refractivity contribution in [2.75, 3.05) is 0 Å². The Morgan fingerprint density at radius 1 is 2.00 bits per heavy atom. The van der Waals surface area contributed by atoms with Crippen LogP contribution in [-0.4, -0.2) is 10.8 Å². The van der Waals surface area contributed by atoms with Crippen molar-refractivity contribution in [3.63, 3.8) is 0 Å². The Kier molecular flexibility index (Phi) is 0.869. The van der Waals surface area contributed by atoms with E-state index in [2.05, 4.69) is 0 Å². The van der Waals surface area contributed by atoms with Gasteiger partial charge in [0.15, 0.2) is 0 Å². The topological polar surface area (TPSA) is 46.2 Å². The van der Waals surface area contributed by atoms with E-state index in [9.17, 15) is 0 Å². The lowest BCUT2D eigenvalue weighted by Gasteiger charge is -1.96. The molecule has 1 aliphatic carbocycles. The summed E-state index contributed by atoms with van der Waals surface area (Å²) in [6.07, 6.45) is 1.80. The average Bonchev–Trinajstić information content (AvgIpc) is 2.13. The van der Waals surface area contributed by atoms with Crippen LogP contribution in [0.1, 0.15) is 19.8 Å². The maximum absolute atomic E-state index is 8.87. The van der Waals surface area contributed by atoms with Gasteiger partial charge in [-0.15, -0.1) is 0 Å². The molecule has 7 heavy (non-hydrogen) atoms. The Labute approximate surface area is 43.3 Å². The Morgan fingerprint density at radius 2 is 2.43 bits per heavy atom. The molecule has 0 saturated heterocycles. The third-order valence-corrected chi connectivity index (χ3v) is 1.61. The summed E-state index contributed by atoms with van der Waals surface area (Å²) in [5.74, 6) is 0.382. The largest absolute Gasteiger partial charge is 0.376 e. The Bertz CT molecular complexity index is 80.1. The molecule has 0 aliphatic heterocycles. The minimum atomic E-state index is -0.783. The van der Waals surface area contributed by atoms with E-state index < -0.39 is 5.72 Å². The molecular formula is C5H11NO. The lowest BCUT2D eigenvalue weighted by molar-refractivity contribution is 0.138. The first-order chi connectivity index (χ1) is 3.17. The van der Waals surface area contributed by atoms with Crippen LogP contribution < -0.4 is 5.73 Å². The molecule has 1 rings (SSSR count). The first-order valence-electron chi connectivity index (χ1n) is 2.68. The van der Waals surface area contributed by atoms with Crippen LogP contribution in [0, 0.1) is 5.92 Å². The number of hydrogen-bond donors (Lipinski definition) is 2. The molecule has 0 spiro atoms. The summed E-state index contributed by atoms with van der Waals surface area (Å²) in [5.41, 5.74) is 4.49. The summed E-state index contributed by atoms with van der Waals surface area (Å²) >= 11 is 0. The summed E-state index contributed by atoms with van der Waals surface area (Å²) in [6, 6.07) is 0. The van der Waals surface area contributed by atoms with Gasteiger partial charge in [0.1, 0.15) is 5.72 Å². The van der Waals surface area contributed by atoms with Crippen LogP contribution >= 0.6 is 0 Å². The molecule has 1 saturated carbocycles. The molecule has 0 aromatic heterocycles. The van der Waals surface area contributed by atoms with Gasteiger partial charge in [-0.1, -0.05) is 6.92 Å². The second kappa shape index (κ2) is 1.20. The Balaban J connectivity index is 2.30. The molecule has 0 radical (unpaired) electrons. The van der Waals surface area contributed by atoms with E-state index in [1.165, 1.54) is 0 Å². The minimum Gasteiger partial charge on any atom is -0.376 e. The molecule has 0 heterocycles. The summed E-state index contributed by atoms with van der Waals surface area (Å²) in [4.78, 5) is 0. The third kappa shape index (κ3) is 0.763. The fraction of sp³-hybridized carbons (Fsp3) is 1.00. The normalized spacial score (nSPS) is 49.3. The van der Waals surface area contributed by atoms with Gasteiger partial charge in [0, 0.05) is 5.92 Å². The fourth-order valence-corrected chi connectivity index (χ4v) is 0.834. The van der Waals surface area contributed by atoms with Gasteiger partial charge < -0.3 is 10.8 Å². The predicted molar refractivity (Wildman–Crippen MR) is 27.5 cm³/mol. The van der Waals surface area contributed by atoms with Crippen molar-refractivity contribution in [1.29, 1.82) is 0 Å². The van der Waals surface area contributed by atoms with Crippen molar-refractivity contribution < 1.29 is 5.11 Å². The standard InChI is InChI=1S/C5H11NO/c1-2-4-3-5(4,6)7/h4,7H,2-3,6H2,1H3. The van der Waals surface area contributed by atoms with Crippen LogP contribution in [0.2, 0.25) is 0 Å². The summed E-state index contributed by atoms with van der Waals surface area (Å²) in [6.45, 7) is 2.04.